The van der Waals surface area contributed by atoms with Crippen LogP contribution in [0.1, 0.15) is 58.4 Å². The first-order valence-corrected chi connectivity index (χ1v) is 19.0. The SMILES string of the molecule is C/C=C\C1=C(C)C2(c3ccc(-c4cccc(-c5ccc6ccccc6n5)c4)cc31)c1ccccc1C1(c3ccccc3-c3ccccc31)c1ccccc12. The van der Waals surface area contributed by atoms with Gasteiger partial charge in [0.05, 0.1) is 22.0 Å². The second kappa shape index (κ2) is 11.5. The van der Waals surface area contributed by atoms with Crippen LogP contribution in [0.4, 0.5) is 0 Å². The summed E-state index contributed by atoms with van der Waals surface area (Å²) in [7, 11) is 0. The van der Waals surface area contributed by atoms with E-state index in [0.29, 0.717) is 0 Å². The van der Waals surface area contributed by atoms with E-state index < -0.39 is 10.8 Å². The maximum atomic E-state index is 5.03. The lowest BCUT2D eigenvalue weighted by molar-refractivity contribution is 0.623. The van der Waals surface area contributed by atoms with E-state index >= 15 is 0 Å². The monoisotopic (exact) mass is 687 g/mol. The molecule has 7 aromatic carbocycles. The lowest BCUT2D eigenvalue weighted by atomic mass is 9.52. The van der Waals surface area contributed by atoms with Crippen LogP contribution in [0.5, 0.6) is 0 Å². The van der Waals surface area contributed by atoms with Crippen LogP contribution in [-0.4, -0.2) is 4.98 Å². The zero-order valence-corrected chi connectivity index (χ0v) is 30.3. The van der Waals surface area contributed by atoms with E-state index in [1.54, 1.807) is 0 Å². The van der Waals surface area contributed by atoms with Gasteiger partial charge in [-0.15, -0.1) is 0 Å². The average Bonchev–Trinajstić information content (AvgIpc) is 3.66. The van der Waals surface area contributed by atoms with Crippen molar-refractivity contribution in [2.75, 3.05) is 0 Å². The summed E-state index contributed by atoms with van der Waals surface area (Å²) in [6.07, 6.45) is 4.53. The van der Waals surface area contributed by atoms with E-state index in [9.17, 15) is 0 Å². The molecule has 0 aliphatic heterocycles. The molecule has 0 unspecified atom stereocenters. The fourth-order valence-electron chi connectivity index (χ4n) is 10.4. The second-order valence-electron chi connectivity index (χ2n) is 15.0. The number of allylic oxidation sites excluding steroid dienone is 4. The first kappa shape index (κ1) is 31.0. The standard InChI is InChI=1S/C53H37N/c1-3-15-39-34(2)52(45-30-28-37(33-42(39)45)36-17-14-18-38(32-36)51-31-29-35-16-4-13-27-50(35)54-51)46-23-9-11-25-48(46)53(49-26-12-10-24-47(49)52)43-21-7-5-19-40(43)41-20-6-8-22-44(41)53/h3-33H,1-2H3/b15-3-. The van der Waals surface area contributed by atoms with Gasteiger partial charge in [0.25, 0.3) is 0 Å². The van der Waals surface area contributed by atoms with Crippen LogP contribution in [0, 0.1) is 0 Å². The number of rotatable bonds is 3. The van der Waals surface area contributed by atoms with Crippen molar-refractivity contribution in [3.8, 4) is 33.5 Å². The van der Waals surface area contributed by atoms with Crippen LogP contribution >= 0.6 is 0 Å². The minimum atomic E-state index is -0.454. The normalized spacial score (nSPS) is 15.4. The van der Waals surface area contributed by atoms with Crippen LogP contribution in [0.3, 0.4) is 0 Å². The molecule has 11 rings (SSSR count). The predicted octanol–water partition coefficient (Wildman–Crippen LogP) is 12.9. The molecule has 0 N–H and O–H groups in total. The summed E-state index contributed by atoms with van der Waals surface area (Å²) in [5.74, 6) is 0. The highest BCUT2D eigenvalue weighted by atomic mass is 14.7. The Morgan fingerprint density at radius 1 is 0.426 bits per heavy atom. The van der Waals surface area contributed by atoms with E-state index in [-0.39, 0.29) is 0 Å². The van der Waals surface area contributed by atoms with Gasteiger partial charge in [-0.1, -0.05) is 164 Å². The quantitative estimate of drug-likeness (QED) is 0.180. The van der Waals surface area contributed by atoms with E-state index in [4.69, 9.17) is 4.98 Å². The Kier molecular flexibility index (Phi) is 6.58. The van der Waals surface area contributed by atoms with Gasteiger partial charge < -0.3 is 0 Å². The third-order valence-electron chi connectivity index (χ3n) is 12.5. The number of benzene rings is 7. The third-order valence-corrected chi connectivity index (χ3v) is 12.5. The first-order valence-electron chi connectivity index (χ1n) is 19.0. The molecule has 0 bridgehead atoms. The molecule has 2 spiro atoms. The molecule has 0 fully saturated rings. The largest absolute Gasteiger partial charge is 0.248 e. The average molecular weight is 688 g/mol. The van der Waals surface area contributed by atoms with Gasteiger partial charge in [0.1, 0.15) is 0 Å². The maximum absolute atomic E-state index is 5.03. The number of hydrogen-bond acceptors (Lipinski definition) is 1. The molecule has 0 radical (unpaired) electrons. The fraction of sp³-hybridized carbons (Fsp3) is 0.0755. The Morgan fingerprint density at radius 2 is 0.963 bits per heavy atom. The Morgan fingerprint density at radius 3 is 1.63 bits per heavy atom. The third kappa shape index (κ3) is 3.91. The summed E-state index contributed by atoms with van der Waals surface area (Å²) >= 11 is 0. The van der Waals surface area contributed by atoms with E-state index in [1.165, 1.54) is 77.9 Å². The summed E-state index contributed by atoms with van der Waals surface area (Å²) in [5.41, 5.74) is 20.8. The van der Waals surface area contributed by atoms with Crippen molar-refractivity contribution < 1.29 is 0 Å². The van der Waals surface area contributed by atoms with Crippen molar-refractivity contribution in [1.82, 2.24) is 4.98 Å². The van der Waals surface area contributed by atoms with Crippen LogP contribution in [0.2, 0.25) is 0 Å². The van der Waals surface area contributed by atoms with Gasteiger partial charge >= 0.3 is 0 Å². The van der Waals surface area contributed by atoms with Crippen LogP contribution in [0.15, 0.2) is 194 Å². The van der Waals surface area contributed by atoms with Gasteiger partial charge in [-0.2, -0.15) is 0 Å². The molecule has 1 heterocycles. The Labute approximate surface area is 316 Å². The number of para-hydroxylation sites is 1. The topological polar surface area (TPSA) is 12.9 Å². The fourth-order valence-corrected chi connectivity index (χ4v) is 10.4. The van der Waals surface area contributed by atoms with Crippen molar-refractivity contribution in [3.05, 3.63) is 238 Å². The van der Waals surface area contributed by atoms with Crippen molar-refractivity contribution in [2.45, 2.75) is 24.7 Å². The minimum absolute atomic E-state index is 0.424. The summed E-state index contributed by atoms with van der Waals surface area (Å²) < 4.78 is 0. The molecule has 0 saturated heterocycles. The van der Waals surface area contributed by atoms with Gasteiger partial charge in [-0.05, 0) is 116 Å². The first-order chi connectivity index (χ1) is 26.7. The maximum Gasteiger partial charge on any atom is 0.0719 e. The molecule has 8 aromatic rings. The Hall–Kier alpha value is -6.57. The minimum Gasteiger partial charge on any atom is -0.248 e. The molecule has 1 aromatic heterocycles. The molecular weight excluding hydrogens is 651 g/mol. The Balaban J connectivity index is 1.15. The van der Waals surface area contributed by atoms with Crippen LogP contribution in [0.25, 0.3) is 50.0 Å². The number of hydrogen-bond donors (Lipinski definition) is 0. The Bertz CT molecular complexity index is 2820. The van der Waals surface area contributed by atoms with Gasteiger partial charge in [0.15, 0.2) is 0 Å². The van der Waals surface area contributed by atoms with Gasteiger partial charge in [0, 0.05) is 10.9 Å². The number of nitrogens with zero attached hydrogens (tertiary/aromatic N) is 1. The van der Waals surface area contributed by atoms with E-state index in [1.807, 2.05) is 0 Å². The summed E-state index contributed by atoms with van der Waals surface area (Å²) in [4.78, 5) is 5.03. The lowest BCUT2D eigenvalue weighted by Crippen LogP contribution is -2.43. The molecular formula is C53H37N. The summed E-state index contributed by atoms with van der Waals surface area (Å²) in [6, 6.07) is 65.5. The number of aromatic nitrogens is 1. The van der Waals surface area contributed by atoms with Crippen molar-refractivity contribution >= 4 is 16.5 Å². The number of fused-ring (bicyclic) bond motifs is 14. The summed E-state index contributed by atoms with van der Waals surface area (Å²) in [5, 5.41) is 1.15. The summed E-state index contributed by atoms with van der Waals surface area (Å²) in [6.45, 7) is 4.52. The highest BCUT2D eigenvalue weighted by molar-refractivity contribution is 5.96. The molecule has 1 heteroatoms. The van der Waals surface area contributed by atoms with Gasteiger partial charge in [-0.3, -0.25) is 0 Å². The van der Waals surface area contributed by atoms with Gasteiger partial charge in [-0.25, -0.2) is 4.98 Å². The molecule has 0 atom stereocenters. The van der Waals surface area contributed by atoms with E-state index in [2.05, 4.69) is 202 Å². The van der Waals surface area contributed by atoms with Crippen molar-refractivity contribution in [2.24, 2.45) is 0 Å². The van der Waals surface area contributed by atoms with Crippen molar-refractivity contribution in [1.29, 1.82) is 0 Å². The zero-order chi connectivity index (χ0) is 36.0. The van der Waals surface area contributed by atoms with E-state index in [0.717, 1.165) is 22.2 Å². The molecule has 1 nitrogen and oxygen atoms in total. The molecule has 0 saturated carbocycles. The highest BCUT2D eigenvalue weighted by Crippen LogP contribution is 2.67. The lowest BCUT2D eigenvalue weighted by Gasteiger charge is -2.49. The smallest absolute Gasteiger partial charge is 0.0719 e. The second-order valence-corrected chi connectivity index (χ2v) is 15.0. The predicted molar refractivity (Wildman–Crippen MR) is 224 cm³/mol. The van der Waals surface area contributed by atoms with Crippen LogP contribution in [-0.2, 0) is 10.8 Å². The van der Waals surface area contributed by atoms with Gasteiger partial charge in [0.2, 0.25) is 0 Å². The van der Waals surface area contributed by atoms with Crippen LogP contribution < -0.4 is 0 Å². The number of pyridine rings is 1. The molecule has 254 valence electrons. The molecule has 3 aliphatic carbocycles. The molecule has 54 heavy (non-hydrogen) atoms. The molecule has 3 aliphatic rings. The molecule has 0 amide bonds. The van der Waals surface area contributed by atoms with Crippen molar-refractivity contribution in [3.63, 3.8) is 0 Å². The zero-order valence-electron chi connectivity index (χ0n) is 30.3. The highest BCUT2D eigenvalue weighted by Gasteiger charge is 2.58.